The van der Waals surface area contributed by atoms with Crippen molar-refractivity contribution in [2.75, 3.05) is 20.1 Å². The summed E-state index contributed by atoms with van der Waals surface area (Å²) >= 11 is 0. The van der Waals surface area contributed by atoms with E-state index in [2.05, 4.69) is 10.6 Å². The number of carboxylic acid groups (broad SMARTS) is 1. The van der Waals surface area contributed by atoms with E-state index < -0.39 is 12.0 Å². The Labute approximate surface area is 125 Å². The van der Waals surface area contributed by atoms with Gasteiger partial charge in [-0.05, 0) is 32.9 Å². The molecule has 0 saturated heterocycles. The zero-order chi connectivity index (χ0) is 15.7. The number of carbonyl (C=O) groups excluding carboxylic acids is 2. The molecule has 1 aliphatic rings. The van der Waals surface area contributed by atoms with Crippen molar-refractivity contribution in [1.29, 1.82) is 0 Å². The largest absolute Gasteiger partial charge is 0.481 e. The maximum absolute atomic E-state index is 11.7. The highest BCUT2D eigenvalue weighted by Gasteiger charge is 2.17. The van der Waals surface area contributed by atoms with Crippen LogP contribution in [0.3, 0.4) is 0 Å². The van der Waals surface area contributed by atoms with Crippen molar-refractivity contribution in [3.05, 3.63) is 0 Å². The van der Waals surface area contributed by atoms with Gasteiger partial charge in [0.05, 0.1) is 6.54 Å². The number of likely N-dealkylation sites (N-methyl/N-ethyl adjacent to an activating group) is 1. The summed E-state index contributed by atoms with van der Waals surface area (Å²) in [6, 6.07) is -0.273. The number of amides is 3. The summed E-state index contributed by atoms with van der Waals surface area (Å²) in [7, 11) is 1.72. The van der Waals surface area contributed by atoms with Crippen molar-refractivity contribution in [1.82, 2.24) is 15.5 Å². The number of aliphatic carboxylic acids is 1. The van der Waals surface area contributed by atoms with Crippen LogP contribution >= 0.6 is 0 Å². The molecule has 0 atom stereocenters. The predicted molar refractivity (Wildman–Crippen MR) is 77.9 cm³/mol. The molecule has 1 saturated carbocycles. The first-order valence-corrected chi connectivity index (χ1v) is 7.48. The smallest absolute Gasteiger partial charge is 0.321 e. The molecule has 0 unspecified atom stereocenters. The average Bonchev–Trinajstić information content (AvgIpc) is 2.38. The molecule has 120 valence electrons. The highest BCUT2D eigenvalue weighted by molar-refractivity contribution is 5.95. The first kappa shape index (κ1) is 17.4. The summed E-state index contributed by atoms with van der Waals surface area (Å²) in [6.07, 6.45) is 5.94. The number of urea groups is 1. The highest BCUT2D eigenvalue weighted by atomic mass is 16.4. The number of hydrogen-bond donors (Lipinski definition) is 3. The fraction of sp³-hybridized carbons (Fsp3) is 0.786. The molecule has 1 rings (SSSR count). The van der Waals surface area contributed by atoms with Crippen LogP contribution in [0.5, 0.6) is 0 Å². The summed E-state index contributed by atoms with van der Waals surface area (Å²) in [6.45, 7) is 0.585. The summed E-state index contributed by atoms with van der Waals surface area (Å²) in [5, 5.41) is 13.7. The fourth-order valence-electron chi connectivity index (χ4n) is 2.46. The molecule has 0 heterocycles. The third kappa shape index (κ3) is 8.29. The van der Waals surface area contributed by atoms with Crippen molar-refractivity contribution in [3.8, 4) is 0 Å². The van der Waals surface area contributed by atoms with Crippen LogP contribution in [-0.2, 0) is 9.59 Å². The molecular weight excluding hydrogens is 274 g/mol. The number of rotatable bonds is 7. The molecule has 1 aliphatic carbocycles. The van der Waals surface area contributed by atoms with Gasteiger partial charge in [-0.3, -0.25) is 19.8 Å². The van der Waals surface area contributed by atoms with Gasteiger partial charge in [0, 0.05) is 12.5 Å². The Kier molecular flexibility index (Phi) is 7.74. The normalized spacial score (nSPS) is 15.7. The third-order valence-corrected chi connectivity index (χ3v) is 3.54. The zero-order valence-corrected chi connectivity index (χ0v) is 12.6. The lowest BCUT2D eigenvalue weighted by molar-refractivity contribution is -0.137. The van der Waals surface area contributed by atoms with Crippen LogP contribution in [0.15, 0.2) is 0 Å². The average molecular weight is 299 g/mol. The topological polar surface area (TPSA) is 98.7 Å². The van der Waals surface area contributed by atoms with Crippen LogP contribution < -0.4 is 10.6 Å². The first-order valence-electron chi connectivity index (χ1n) is 7.48. The van der Waals surface area contributed by atoms with E-state index in [1.807, 2.05) is 0 Å². The van der Waals surface area contributed by atoms with Crippen molar-refractivity contribution in [2.24, 2.45) is 0 Å². The Balaban J connectivity index is 2.16. The molecule has 0 radical (unpaired) electrons. The number of carbonyl (C=O) groups is 3. The van der Waals surface area contributed by atoms with Crippen LogP contribution in [0.25, 0.3) is 0 Å². The summed E-state index contributed by atoms with van der Waals surface area (Å²) < 4.78 is 0. The first-order chi connectivity index (χ1) is 9.97. The summed E-state index contributed by atoms with van der Waals surface area (Å²) in [4.78, 5) is 35.4. The van der Waals surface area contributed by atoms with Gasteiger partial charge < -0.3 is 10.4 Å². The molecule has 0 aliphatic heterocycles. The quantitative estimate of drug-likeness (QED) is 0.650. The number of carboxylic acids is 1. The molecule has 3 amide bonds. The monoisotopic (exact) mass is 299 g/mol. The van der Waals surface area contributed by atoms with Gasteiger partial charge in [-0.1, -0.05) is 19.3 Å². The molecule has 21 heavy (non-hydrogen) atoms. The van der Waals surface area contributed by atoms with Gasteiger partial charge in [0.1, 0.15) is 0 Å². The molecule has 1 fully saturated rings. The van der Waals surface area contributed by atoms with Gasteiger partial charge in [-0.2, -0.15) is 0 Å². The van der Waals surface area contributed by atoms with Gasteiger partial charge in [0.2, 0.25) is 5.91 Å². The van der Waals surface area contributed by atoms with Gasteiger partial charge in [0.25, 0.3) is 0 Å². The van der Waals surface area contributed by atoms with E-state index in [-0.39, 0.29) is 24.9 Å². The number of imide groups is 1. The molecule has 0 spiro atoms. The molecule has 0 aromatic rings. The summed E-state index contributed by atoms with van der Waals surface area (Å²) in [5.74, 6) is -1.22. The Morgan fingerprint density at radius 3 is 2.48 bits per heavy atom. The summed E-state index contributed by atoms with van der Waals surface area (Å²) in [5.41, 5.74) is 0. The Bertz CT molecular complexity index is 367. The van der Waals surface area contributed by atoms with Crippen LogP contribution in [0.2, 0.25) is 0 Å². The third-order valence-electron chi connectivity index (χ3n) is 3.54. The van der Waals surface area contributed by atoms with Gasteiger partial charge in [0.15, 0.2) is 0 Å². The molecular formula is C14H25N3O4. The molecule has 0 bridgehead atoms. The van der Waals surface area contributed by atoms with E-state index in [1.54, 1.807) is 11.9 Å². The van der Waals surface area contributed by atoms with Gasteiger partial charge in [-0.25, -0.2) is 4.79 Å². The second-order valence-corrected chi connectivity index (χ2v) is 5.59. The second kappa shape index (κ2) is 9.33. The lowest BCUT2D eigenvalue weighted by Crippen LogP contribution is -2.47. The van der Waals surface area contributed by atoms with E-state index in [9.17, 15) is 14.4 Å². The maximum atomic E-state index is 11.7. The Morgan fingerprint density at radius 2 is 1.86 bits per heavy atom. The van der Waals surface area contributed by atoms with Crippen LogP contribution in [0, 0.1) is 0 Å². The Hall–Kier alpha value is -1.63. The minimum Gasteiger partial charge on any atom is -0.481 e. The maximum Gasteiger partial charge on any atom is 0.321 e. The lowest BCUT2D eigenvalue weighted by Gasteiger charge is -2.23. The van der Waals surface area contributed by atoms with Crippen LogP contribution in [0.1, 0.15) is 44.9 Å². The van der Waals surface area contributed by atoms with Crippen molar-refractivity contribution < 1.29 is 19.5 Å². The standard InChI is InChI=1S/C14H25N3O4/c1-17(9-5-8-13(19)20)10-12(18)16-14(21)15-11-6-3-2-4-7-11/h11H,2-10H2,1H3,(H,19,20)(H2,15,16,18,21). The van der Waals surface area contributed by atoms with E-state index in [4.69, 9.17) is 5.11 Å². The van der Waals surface area contributed by atoms with E-state index >= 15 is 0 Å². The van der Waals surface area contributed by atoms with E-state index in [1.165, 1.54) is 6.42 Å². The van der Waals surface area contributed by atoms with E-state index in [0.717, 1.165) is 25.7 Å². The minimum absolute atomic E-state index is 0.0775. The van der Waals surface area contributed by atoms with E-state index in [0.29, 0.717) is 13.0 Å². The van der Waals surface area contributed by atoms with Crippen molar-refractivity contribution in [3.63, 3.8) is 0 Å². The molecule has 0 aromatic heterocycles. The fourth-order valence-corrected chi connectivity index (χ4v) is 2.46. The molecule has 7 nitrogen and oxygen atoms in total. The van der Waals surface area contributed by atoms with Crippen LogP contribution in [0.4, 0.5) is 4.79 Å². The van der Waals surface area contributed by atoms with Crippen molar-refractivity contribution >= 4 is 17.9 Å². The second-order valence-electron chi connectivity index (χ2n) is 5.59. The number of nitrogens with one attached hydrogen (secondary N) is 2. The number of hydrogen-bond acceptors (Lipinski definition) is 4. The number of nitrogens with zero attached hydrogens (tertiary/aromatic N) is 1. The van der Waals surface area contributed by atoms with Gasteiger partial charge in [-0.15, -0.1) is 0 Å². The molecule has 7 heteroatoms. The highest BCUT2D eigenvalue weighted by Crippen LogP contribution is 2.17. The SMILES string of the molecule is CN(CCCC(=O)O)CC(=O)NC(=O)NC1CCCCC1. The molecule has 0 aromatic carbocycles. The van der Waals surface area contributed by atoms with Crippen LogP contribution in [-0.4, -0.2) is 54.1 Å². The van der Waals surface area contributed by atoms with Gasteiger partial charge >= 0.3 is 12.0 Å². The molecule has 3 N–H and O–H groups in total. The Morgan fingerprint density at radius 1 is 1.19 bits per heavy atom. The lowest BCUT2D eigenvalue weighted by atomic mass is 9.96. The van der Waals surface area contributed by atoms with Crippen molar-refractivity contribution in [2.45, 2.75) is 51.0 Å². The predicted octanol–water partition coefficient (Wildman–Crippen LogP) is 0.941. The zero-order valence-electron chi connectivity index (χ0n) is 12.6. The minimum atomic E-state index is -0.847.